The zero-order valence-electron chi connectivity index (χ0n) is 10.00. The second-order valence-corrected chi connectivity index (χ2v) is 4.97. The van der Waals surface area contributed by atoms with Gasteiger partial charge in [-0.2, -0.15) is 0 Å². The topological polar surface area (TPSA) is 52.5 Å². The van der Waals surface area contributed by atoms with Crippen LogP contribution in [0.5, 0.6) is 0 Å². The number of halogens is 2. The average Bonchev–Trinajstić information content (AvgIpc) is 3.13. The van der Waals surface area contributed by atoms with Gasteiger partial charge in [-0.05, 0) is 31.0 Å². The maximum atomic E-state index is 13.4. The lowest BCUT2D eigenvalue weighted by atomic mass is 10.1. The van der Waals surface area contributed by atoms with E-state index >= 15 is 0 Å². The number of hydrogen-bond donors (Lipinski definition) is 3. The molecule has 0 amide bonds. The molecule has 1 fully saturated rings. The predicted molar refractivity (Wildman–Crippen MR) is 62.9 cm³/mol. The van der Waals surface area contributed by atoms with Crippen molar-refractivity contribution >= 4 is 0 Å². The third-order valence-electron chi connectivity index (χ3n) is 3.45. The van der Waals surface area contributed by atoms with Crippen LogP contribution >= 0.6 is 0 Å². The predicted octanol–water partition coefficient (Wildman–Crippen LogP) is 1.36. The van der Waals surface area contributed by atoms with Gasteiger partial charge in [0.2, 0.25) is 0 Å². The van der Waals surface area contributed by atoms with E-state index in [1.165, 1.54) is 0 Å². The molecule has 1 atom stereocenters. The summed E-state index contributed by atoms with van der Waals surface area (Å²) < 4.78 is 26.3. The fourth-order valence-electron chi connectivity index (χ4n) is 1.92. The van der Waals surface area contributed by atoms with Crippen molar-refractivity contribution in [3.63, 3.8) is 0 Å². The Labute approximate surface area is 104 Å². The van der Waals surface area contributed by atoms with Crippen molar-refractivity contribution in [1.82, 2.24) is 5.32 Å². The van der Waals surface area contributed by atoms with E-state index in [0.29, 0.717) is 6.54 Å². The van der Waals surface area contributed by atoms with Crippen LogP contribution in [-0.2, 0) is 0 Å². The van der Waals surface area contributed by atoms with Gasteiger partial charge in [0.1, 0.15) is 11.6 Å². The van der Waals surface area contributed by atoms with E-state index in [9.17, 15) is 13.9 Å². The molecular formula is C13H17F2NO2. The van der Waals surface area contributed by atoms with Gasteiger partial charge in [0.15, 0.2) is 0 Å². The van der Waals surface area contributed by atoms with Crippen LogP contribution in [0.4, 0.5) is 8.78 Å². The van der Waals surface area contributed by atoms with Gasteiger partial charge >= 0.3 is 0 Å². The monoisotopic (exact) mass is 257 g/mol. The van der Waals surface area contributed by atoms with Gasteiger partial charge in [-0.1, -0.05) is 0 Å². The molecule has 0 aliphatic heterocycles. The van der Waals surface area contributed by atoms with Gasteiger partial charge in [0.25, 0.3) is 0 Å². The zero-order valence-corrected chi connectivity index (χ0v) is 10.00. The third-order valence-corrected chi connectivity index (χ3v) is 3.45. The van der Waals surface area contributed by atoms with Gasteiger partial charge in [0.05, 0.1) is 6.10 Å². The minimum atomic E-state index is -1.09. The molecule has 0 spiro atoms. The van der Waals surface area contributed by atoms with E-state index in [0.717, 1.165) is 31.0 Å². The number of nitrogens with one attached hydrogen (secondary N) is 1. The van der Waals surface area contributed by atoms with Crippen molar-refractivity contribution < 1.29 is 19.0 Å². The van der Waals surface area contributed by atoms with Gasteiger partial charge < -0.3 is 15.5 Å². The SMILES string of the molecule is OCC1(CNCC(O)c2cc(F)ccc2F)CC1. The number of rotatable bonds is 6. The lowest BCUT2D eigenvalue weighted by Gasteiger charge is -2.16. The van der Waals surface area contributed by atoms with Crippen LogP contribution in [0.2, 0.25) is 0 Å². The van der Waals surface area contributed by atoms with Crippen LogP contribution in [0.25, 0.3) is 0 Å². The van der Waals surface area contributed by atoms with E-state index in [4.69, 9.17) is 5.11 Å². The molecule has 1 aromatic rings. The maximum Gasteiger partial charge on any atom is 0.129 e. The molecule has 3 nitrogen and oxygen atoms in total. The van der Waals surface area contributed by atoms with Crippen molar-refractivity contribution in [2.75, 3.05) is 19.7 Å². The van der Waals surface area contributed by atoms with Gasteiger partial charge in [0, 0.05) is 30.7 Å². The van der Waals surface area contributed by atoms with Gasteiger partial charge in [-0.15, -0.1) is 0 Å². The van der Waals surface area contributed by atoms with Gasteiger partial charge in [-0.25, -0.2) is 8.78 Å². The minimum absolute atomic E-state index is 0.0451. The Hall–Kier alpha value is -1.04. The molecule has 1 unspecified atom stereocenters. The van der Waals surface area contributed by atoms with Crippen LogP contribution in [-0.4, -0.2) is 29.9 Å². The Kier molecular flexibility index (Phi) is 3.94. The van der Waals surface area contributed by atoms with Crippen LogP contribution in [0.1, 0.15) is 24.5 Å². The number of benzene rings is 1. The van der Waals surface area contributed by atoms with E-state index in [1.807, 2.05) is 0 Å². The first-order valence-corrected chi connectivity index (χ1v) is 6.01. The van der Waals surface area contributed by atoms with Crippen LogP contribution in [0.15, 0.2) is 18.2 Å². The molecular weight excluding hydrogens is 240 g/mol. The van der Waals surface area contributed by atoms with Crippen molar-refractivity contribution in [2.45, 2.75) is 18.9 Å². The lowest BCUT2D eigenvalue weighted by Crippen LogP contribution is -2.30. The summed E-state index contributed by atoms with van der Waals surface area (Å²) in [5.74, 6) is -1.19. The molecule has 100 valence electrons. The summed E-state index contributed by atoms with van der Waals surface area (Å²) in [6, 6.07) is 3.02. The molecule has 1 aliphatic rings. The van der Waals surface area contributed by atoms with Gasteiger partial charge in [-0.3, -0.25) is 0 Å². The summed E-state index contributed by atoms with van der Waals surface area (Å²) in [5, 5.41) is 21.9. The molecule has 1 aliphatic carbocycles. The van der Waals surface area contributed by atoms with E-state index in [2.05, 4.69) is 5.32 Å². The van der Waals surface area contributed by atoms with Crippen LogP contribution in [0.3, 0.4) is 0 Å². The molecule has 2 rings (SSSR count). The van der Waals surface area contributed by atoms with Crippen LogP contribution < -0.4 is 5.32 Å². The van der Waals surface area contributed by atoms with E-state index < -0.39 is 17.7 Å². The Bertz CT molecular complexity index is 421. The molecule has 5 heteroatoms. The highest BCUT2D eigenvalue weighted by Crippen LogP contribution is 2.44. The first-order chi connectivity index (χ1) is 8.56. The summed E-state index contributed by atoms with van der Waals surface area (Å²) in [6.07, 6.45) is 0.831. The van der Waals surface area contributed by atoms with Crippen molar-refractivity contribution in [3.8, 4) is 0 Å². The first kappa shape index (κ1) is 13.4. The highest BCUT2D eigenvalue weighted by molar-refractivity contribution is 5.21. The number of aliphatic hydroxyl groups excluding tert-OH is 2. The summed E-state index contributed by atoms with van der Waals surface area (Å²) >= 11 is 0. The second-order valence-electron chi connectivity index (χ2n) is 4.97. The highest BCUT2D eigenvalue weighted by atomic mass is 19.1. The molecule has 0 radical (unpaired) electrons. The molecule has 0 heterocycles. The molecule has 0 saturated heterocycles. The first-order valence-electron chi connectivity index (χ1n) is 6.01. The Morgan fingerprint density at radius 3 is 2.67 bits per heavy atom. The molecule has 1 saturated carbocycles. The quantitative estimate of drug-likeness (QED) is 0.721. The maximum absolute atomic E-state index is 13.4. The molecule has 1 aromatic carbocycles. The Balaban J connectivity index is 1.87. The summed E-state index contributed by atoms with van der Waals surface area (Å²) in [4.78, 5) is 0. The molecule has 3 N–H and O–H groups in total. The van der Waals surface area contributed by atoms with E-state index in [-0.39, 0.29) is 24.1 Å². The smallest absolute Gasteiger partial charge is 0.129 e. The molecule has 0 bridgehead atoms. The summed E-state index contributed by atoms with van der Waals surface area (Å²) in [5.41, 5.74) is -0.114. The highest BCUT2D eigenvalue weighted by Gasteiger charge is 2.41. The largest absolute Gasteiger partial charge is 0.396 e. The summed E-state index contributed by atoms with van der Waals surface area (Å²) in [6.45, 7) is 0.837. The second kappa shape index (κ2) is 5.30. The fraction of sp³-hybridized carbons (Fsp3) is 0.538. The summed E-state index contributed by atoms with van der Waals surface area (Å²) in [7, 11) is 0. The van der Waals surface area contributed by atoms with Crippen molar-refractivity contribution in [2.24, 2.45) is 5.41 Å². The van der Waals surface area contributed by atoms with Crippen molar-refractivity contribution in [1.29, 1.82) is 0 Å². The zero-order chi connectivity index (χ0) is 13.2. The normalized spacial score (nSPS) is 18.7. The minimum Gasteiger partial charge on any atom is -0.396 e. The Morgan fingerprint density at radius 2 is 2.06 bits per heavy atom. The molecule has 0 aromatic heterocycles. The van der Waals surface area contributed by atoms with Crippen molar-refractivity contribution in [3.05, 3.63) is 35.4 Å². The van der Waals surface area contributed by atoms with E-state index in [1.54, 1.807) is 0 Å². The number of hydrogen-bond acceptors (Lipinski definition) is 3. The standard InChI is InChI=1S/C13H17F2NO2/c14-9-1-2-11(15)10(5-9)12(18)6-16-7-13(8-17)3-4-13/h1-2,5,12,16-18H,3-4,6-8H2. The lowest BCUT2D eigenvalue weighted by molar-refractivity contribution is 0.158. The van der Waals surface area contributed by atoms with Crippen LogP contribution in [0, 0.1) is 17.0 Å². The Morgan fingerprint density at radius 1 is 1.33 bits per heavy atom. The third kappa shape index (κ3) is 3.04. The number of aliphatic hydroxyl groups is 2. The average molecular weight is 257 g/mol. The fourth-order valence-corrected chi connectivity index (χ4v) is 1.92. The molecule has 18 heavy (non-hydrogen) atoms.